The number of nitrogens with one attached hydrogen (secondary N) is 1. The summed E-state index contributed by atoms with van der Waals surface area (Å²) in [6, 6.07) is 4.07. The Balaban J connectivity index is 2.81. The summed E-state index contributed by atoms with van der Waals surface area (Å²) in [5.41, 5.74) is 4.77. The number of nitrogen functional groups attached to an aromatic ring is 1. The molecule has 0 radical (unpaired) electrons. The van der Waals surface area contributed by atoms with Gasteiger partial charge in [0.25, 0.3) is 5.69 Å². The molecule has 1 rings (SSSR count). The van der Waals surface area contributed by atoms with Crippen molar-refractivity contribution in [3.05, 3.63) is 28.3 Å². The molecule has 0 fully saturated rings. The van der Waals surface area contributed by atoms with Crippen LogP contribution in [0.15, 0.2) is 18.2 Å². The lowest BCUT2D eigenvalue weighted by Crippen LogP contribution is -2.37. The van der Waals surface area contributed by atoms with Gasteiger partial charge in [-0.1, -0.05) is 0 Å². The van der Waals surface area contributed by atoms with Crippen molar-refractivity contribution in [2.24, 2.45) is 0 Å². The van der Waals surface area contributed by atoms with E-state index in [1.54, 1.807) is 0 Å². The van der Waals surface area contributed by atoms with E-state index in [0.717, 1.165) is 0 Å². The number of rotatable bonds is 5. The van der Waals surface area contributed by atoms with Crippen LogP contribution in [0.25, 0.3) is 0 Å². The topological polar surface area (TPSA) is 122 Å². The van der Waals surface area contributed by atoms with Crippen molar-refractivity contribution < 1.29 is 15.1 Å². The van der Waals surface area contributed by atoms with Gasteiger partial charge in [-0.05, 0) is 13.0 Å². The monoisotopic (exact) mass is 241 g/mol. The van der Waals surface area contributed by atoms with Crippen LogP contribution in [-0.2, 0) is 0 Å². The highest BCUT2D eigenvalue weighted by Gasteiger charge is 2.19. The largest absolute Gasteiger partial charge is 0.398 e. The Morgan fingerprint density at radius 2 is 2.18 bits per heavy atom. The summed E-state index contributed by atoms with van der Waals surface area (Å²) in [6.07, 6.45) is 0. The number of nitrogens with two attached hydrogens (primary N) is 1. The first-order chi connectivity index (χ1) is 7.84. The minimum Gasteiger partial charge on any atom is -0.398 e. The Morgan fingerprint density at radius 1 is 1.53 bits per heavy atom. The highest BCUT2D eigenvalue weighted by atomic mass is 16.6. The lowest BCUT2D eigenvalue weighted by Gasteiger charge is -2.21. The predicted octanol–water partition coefficient (Wildman–Crippen LogP) is 0.332. The quantitative estimate of drug-likeness (QED) is 0.335. The zero-order valence-electron chi connectivity index (χ0n) is 9.38. The number of nitro benzene ring substituents is 1. The van der Waals surface area contributed by atoms with Gasteiger partial charge in [0.05, 0.1) is 11.5 Å². The third kappa shape index (κ3) is 3.89. The number of hydrogen-bond donors (Lipinski definition) is 4. The molecule has 94 valence electrons. The van der Waals surface area contributed by atoms with Crippen LogP contribution < -0.4 is 11.1 Å². The van der Waals surface area contributed by atoms with Crippen molar-refractivity contribution in [3.63, 3.8) is 0 Å². The Bertz CT molecular complexity index is 420. The van der Waals surface area contributed by atoms with Gasteiger partial charge in [0.1, 0.15) is 5.60 Å². The maximum absolute atomic E-state index is 10.6. The Labute approximate surface area is 98.0 Å². The van der Waals surface area contributed by atoms with Crippen molar-refractivity contribution in [2.75, 3.05) is 24.2 Å². The van der Waals surface area contributed by atoms with Gasteiger partial charge < -0.3 is 21.3 Å². The number of hydrogen-bond acceptors (Lipinski definition) is 6. The summed E-state index contributed by atoms with van der Waals surface area (Å²) >= 11 is 0. The highest BCUT2D eigenvalue weighted by molar-refractivity contribution is 5.61. The lowest BCUT2D eigenvalue weighted by molar-refractivity contribution is -0.384. The van der Waals surface area contributed by atoms with Crippen molar-refractivity contribution >= 4 is 17.1 Å². The number of aliphatic hydroxyl groups excluding tert-OH is 1. The van der Waals surface area contributed by atoms with E-state index in [-0.39, 0.29) is 17.9 Å². The van der Waals surface area contributed by atoms with E-state index in [2.05, 4.69) is 5.32 Å². The Hall–Kier alpha value is -1.86. The molecular formula is C10H15N3O4. The normalized spacial score (nSPS) is 14.1. The van der Waals surface area contributed by atoms with Crippen LogP contribution in [0.3, 0.4) is 0 Å². The third-order valence-corrected chi connectivity index (χ3v) is 2.16. The summed E-state index contributed by atoms with van der Waals surface area (Å²) in [7, 11) is 0. The lowest BCUT2D eigenvalue weighted by atomic mass is 10.1. The van der Waals surface area contributed by atoms with Gasteiger partial charge in [-0.3, -0.25) is 10.1 Å². The SMILES string of the molecule is CC(O)(CO)CNc1cc(N)cc([N+](=O)[O-])c1. The van der Waals surface area contributed by atoms with Crippen LogP contribution in [0.5, 0.6) is 0 Å². The fraction of sp³-hybridized carbons (Fsp3) is 0.400. The number of nitrogens with zero attached hydrogens (tertiary/aromatic N) is 1. The average molecular weight is 241 g/mol. The van der Waals surface area contributed by atoms with E-state index < -0.39 is 17.1 Å². The first-order valence-corrected chi connectivity index (χ1v) is 4.96. The summed E-state index contributed by atoms with van der Waals surface area (Å²) in [4.78, 5) is 10.0. The van der Waals surface area contributed by atoms with Gasteiger partial charge >= 0.3 is 0 Å². The van der Waals surface area contributed by atoms with E-state index in [1.165, 1.54) is 25.1 Å². The van der Waals surface area contributed by atoms with E-state index in [9.17, 15) is 15.2 Å². The van der Waals surface area contributed by atoms with Gasteiger partial charge in [-0.2, -0.15) is 0 Å². The fourth-order valence-electron chi connectivity index (χ4n) is 1.19. The third-order valence-electron chi connectivity index (χ3n) is 2.16. The van der Waals surface area contributed by atoms with Gasteiger partial charge in [0.15, 0.2) is 0 Å². The van der Waals surface area contributed by atoms with E-state index in [0.29, 0.717) is 5.69 Å². The molecule has 0 amide bonds. The molecule has 1 aromatic carbocycles. The van der Waals surface area contributed by atoms with Crippen LogP contribution >= 0.6 is 0 Å². The van der Waals surface area contributed by atoms with Gasteiger partial charge in [-0.25, -0.2) is 0 Å². The molecule has 0 saturated carbocycles. The molecule has 17 heavy (non-hydrogen) atoms. The van der Waals surface area contributed by atoms with Crippen LogP contribution in [-0.4, -0.2) is 33.9 Å². The van der Waals surface area contributed by atoms with Crippen LogP contribution in [0.4, 0.5) is 17.1 Å². The second-order valence-corrected chi connectivity index (χ2v) is 4.08. The molecule has 0 aromatic heterocycles. The summed E-state index contributed by atoms with van der Waals surface area (Å²) in [6.45, 7) is 1.09. The second kappa shape index (κ2) is 4.98. The number of benzene rings is 1. The first kappa shape index (κ1) is 13.2. The molecule has 0 aliphatic rings. The molecule has 0 spiro atoms. The van der Waals surface area contributed by atoms with Crippen LogP contribution in [0.2, 0.25) is 0 Å². The highest BCUT2D eigenvalue weighted by Crippen LogP contribution is 2.22. The van der Waals surface area contributed by atoms with Crippen molar-refractivity contribution in [1.82, 2.24) is 0 Å². The minimum atomic E-state index is -1.29. The second-order valence-electron chi connectivity index (χ2n) is 4.08. The summed E-state index contributed by atoms with van der Waals surface area (Å²) in [5, 5.41) is 31.8. The predicted molar refractivity (Wildman–Crippen MR) is 63.7 cm³/mol. The molecule has 0 heterocycles. The smallest absolute Gasteiger partial charge is 0.273 e. The van der Waals surface area contributed by atoms with Gasteiger partial charge in [-0.15, -0.1) is 0 Å². The van der Waals surface area contributed by atoms with Crippen molar-refractivity contribution in [3.8, 4) is 0 Å². The van der Waals surface area contributed by atoms with E-state index >= 15 is 0 Å². The number of non-ortho nitro benzene ring substituents is 1. The molecule has 0 aliphatic carbocycles. The zero-order chi connectivity index (χ0) is 13.1. The molecule has 0 saturated heterocycles. The summed E-state index contributed by atoms with van der Waals surface area (Å²) < 4.78 is 0. The maximum atomic E-state index is 10.6. The molecule has 7 heteroatoms. The fourth-order valence-corrected chi connectivity index (χ4v) is 1.19. The minimum absolute atomic E-state index is 0.0596. The molecule has 5 N–H and O–H groups in total. The Kier molecular flexibility index (Phi) is 3.87. The van der Waals surface area contributed by atoms with E-state index in [1.807, 2.05) is 0 Å². The molecule has 0 bridgehead atoms. The van der Waals surface area contributed by atoms with Gasteiger partial charge in [0.2, 0.25) is 0 Å². The molecule has 1 aromatic rings. The number of anilines is 2. The molecule has 0 aliphatic heterocycles. The van der Waals surface area contributed by atoms with E-state index in [4.69, 9.17) is 10.8 Å². The molecular weight excluding hydrogens is 226 g/mol. The standard InChI is InChI=1S/C10H15N3O4/c1-10(15,6-14)5-12-8-2-7(11)3-9(4-8)13(16)17/h2-4,12,14-15H,5-6,11H2,1H3. The number of aliphatic hydroxyl groups is 2. The van der Waals surface area contributed by atoms with Crippen molar-refractivity contribution in [1.29, 1.82) is 0 Å². The van der Waals surface area contributed by atoms with Crippen LogP contribution in [0.1, 0.15) is 6.92 Å². The van der Waals surface area contributed by atoms with Crippen molar-refractivity contribution in [2.45, 2.75) is 12.5 Å². The molecule has 7 nitrogen and oxygen atoms in total. The average Bonchev–Trinajstić information content (AvgIpc) is 2.26. The zero-order valence-corrected chi connectivity index (χ0v) is 9.38. The Morgan fingerprint density at radius 3 is 2.71 bits per heavy atom. The first-order valence-electron chi connectivity index (χ1n) is 4.96. The molecule has 1 atom stereocenters. The van der Waals surface area contributed by atoms with Crippen LogP contribution in [0, 0.1) is 10.1 Å². The molecule has 1 unspecified atom stereocenters. The van der Waals surface area contributed by atoms with Gasteiger partial charge in [0, 0.05) is 30.1 Å². The maximum Gasteiger partial charge on any atom is 0.273 e. The summed E-state index contributed by atoms with van der Waals surface area (Å²) in [5.74, 6) is 0. The number of nitro groups is 1.